The van der Waals surface area contributed by atoms with Gasteiger partial charge in [-0.25, -0.2) is 0 Å². The van der Waals surface area contributed by atoms with Crippen molar-refractivity contribution in [3.8, 4) is 11.8 Å². The van der Waals surface area contributed by atoms with E-state index in [1.165, 1.54) is 0 Å². The number of aliphatic hydroxyl groups excluding tert-OH is 1. The maximum absolute atomic E-state index is 9.22. The molecule has 0 heterocycles. The van der Waals surface area contributed by atoms with Crippen LogP contribution in [0.5, 0.6) is 5.75 Å². The van der Waals surface area contributed by atoms with Crippen LogP contribution in [0.25, 0.3) is 0 Å². The van der Waals surface area contributed by atoms with Gasteiger partial charge in [-0.05, 0) is 30.2 Å². The van der Waals surface area contributed by atoms with E-state index in [1.807, 2.05) is 6.92 Å². The molecule has 0 fully saturated rings. The quantitative estimate of drug-likeness (QED) is 0.697. The van der Waals surface area contributed by atoms with Crippen molar-refractivity contribution in [2.45, 2.75) is 13.0 Å². The number of nitrogens with zero attached hydrogens (tertiary/aromatic N) is 1. The molecule has 3 nitrogen and oxygen atoms in total. The van der Waals surface area contributed by atoms with Gasteiger partial charge < -0.3 is 9.84 Å². The first-order chi connectivity index (χ1) is 6.19. The second-order valence-corrected chi connectivity index (χ2v) is 2.76. The average Bonchev–Trinajstić information content (AvgIpc) is 2.16. The van der Waals surface area contributed by atoms with Crippen LogP contribution in [0.2, 0.25) is 0 Å². The van der Waals surface area contributed by atoms with Gasteiger partial charge in [0.2, 0.25) is 0 Å². The molecule has 0 aliphatic rings. The normalized spacial score (nSPS) is 11.8. The molecule has 0 bridgehead atoms. The fraction of sp³-hybridized carbons (Fsp3) is 0.300. The Kier molecular flexibility index (Phi) is 2.88. The Labute approximate surface area is 77.2 Å². The van der Waals surface area contributed by atoms with Crippen LogP contribution in [0.3, 0.4) is 0 Å². The topological polar surface area (TPSA) is 53.2 Å². The van der Waals surface area contributed by atoms with Crippen LogP contribution < -0.4 is 4.74 Å². The molecule has 0 aromatic heterocycles. The van der Waals surface area contributed by atoms with E-state index in [0.717, 1.165) is 11.3 Å². The monoisotopic (exact) mass is 177 g/mol. The number of aryl methyl sites for hydroxylation is 1. The second kappa shape index (κ2) is 3.92. The highest BCUT2D eigenvalue weighted by molar-refractivity contribution is 5.38. The number of aliphatic hydroxyl groups is 1. The molecule has 68 valence electrons. The van der Waals surface area contributed by atoms with Gasteiger partial charge in [0.05, 0.1) is 13.2 Å². The Morgan fingerprint density at radius 1 is 1.54 bits per heavy atom. The van der Waals surface area contributed by atoms with Gasteiger partial charge in [-0.15, -0.1) is 0 Å². The van der Waals surface area contributed by atoms with Gasteiger partial charge in [0.25, 0.3) is 0 Å². The van der Waals surface area contributed by atoms with Gasteiger partial charge in [0.15, 0.2) is 6.10 Å². The molecule has 0 aliphatic carbocycles. The molecule has 1 unspecified atom stereocenters. The molecule has 1 N–H and O–H groups in total. The Hall–Kier alpha value is -1.53. The first kappa shape index (κ1) is 9.56. The van der Waals surface area contributed by atoms with Crippen molar-refractivity contribution in [2.75, 3.05) is 7.11 Å². The van der Waals surface area contributed by atoms with Crippen molar-refractivity contribution in [3.63, 3.8) is 0 Å². The van der Waals surface area contributed by atoms with Gasteiger partial charge in [-0.1, -0.05) is 6.07 Å². The van der Waals surface area contributed by atoms with E-state index in [2.05, 4.69) is 0 Å². The SMILES string of the molecule is COc1ccc(C(O)C#N)cc1C. The van der Waals surface area contributed by atoms with E-state index < -0.39 is 6.10 Å². The van der Waals surface area contributed by atoms with Gasteiger partial charge >= 0.3 is 0 Å². The van der Waals surface area contributed by atoms with Crippen molar-refractivity contribution >= 4 is 0 Å². The fourth-order valence-electron chi connectivity index (χ4n) is 1.15. The zero-order valence-corrected chi connectivity index (χ0v) is 7.61. The molecule has 0 radical (unpaired) electrons. The Balaban J connectivity index is 3.04. The summed E-state index contributed by atoms with van der Waals surface area (Å²) in [6.07, 6.45) is -1.05. The van der Waals surface area contributed by atoms with Crippen LogP contribution in [-0.2, 0) is 0 Å². The lowest BCUT2D eigenvalue weighted by Gasteiger charge is -2.07. The first-order valence-electron chi connectivity index (χ1n) is 3.91. The van der Waals surface area contributed by atoms with E-state index in [9.17, 15) is 5.11 Å². The summed E-state index contributed by atoms with van der Waals surface area (Å²) in [4.78, 5) is 0. The Morgan fingerprint density at radius 2 is 2.23 bits per heavy atom. The molecule has 1 atom stereocenters. The third kappa shape index (κ3) is 1.98. The number of rotatable bonds is 2. The van der Waals surface area contributed by atoms with Crippen LogP contribution in [0.1, 0.15) is 17.2 Å². The van der Waals surface area contributed by atoms with Crippen LogP contribution >= 0.6 is 0 Å². The molecular weight excluding hydrogens is 166 g/mol. The standard InChI is InChI=1S/C10H11NO2/c1-7-5-8(9(12)6-11)3-4-10(7)13-2/h3-5,9,12H,1-2H3. The van der Waals surface area contributed by atoms with Gasteiger partial charge in [-0.3, -0.25) is 0 Å². The molecule has 13 heavy (non-hydrogen) atoms. The highest BCUT2D eigenvalue weighted by atomic mass is 16.5. The van der Waals surface area contributed by atoms with Crippen molar-refractivity contribution in [1.29, 1.82) is 5.26 Å². The van der Waals surface area contributed by atoms with Crippen molar-refractivity contribution < 1.29 is 9.84 Å². The van der Waals surface area contributed by atoms with Crippen LogP contribution in [-0.4, -0.2) is 12.2 Å². The summed E-state index contributed by atoms with van der Waals surface area (Å²) >= 11 is 0. The average molecular weight is 177 g/mol. The summed E-state index contributed by atoms with van der Waals surface area (Å²) in [5, 5.41) is 17.7. The van der Waals surface area contributed by atoms with Crippen LogP contribution in [0.15, 0.2) is 18.2 Å². The van der Waals surface area contributed by atoms with Crippen molar-refractivity contribution in [2.24, 2.45) is 0 Å². The number of hydrogen-bond acceptors (Lipinski definition) is 3. The van der Waals surface area contributed by atoms with Gasteiger partial charge in [-0.2, -0.15) is 5.26 Å². The molecule has 0 aliphatic heterocycles. The zero-order chi connectivity index (χ0) is 9.84. The molecule has 0 amide bonds. The maximum atomic E-state index is 9.22. The van der Waals surface area contributed by atoms with E-state index in [0.29, 0.717) is 5.56 Å². The highest BCUT2D eigenvalue weighted by Crippen LogP contribution is 2.21. The minimum atomic E-state index is -1.05. The number of nitriles is 1. The minimum Gasteiger partial charge on any atom is -0.496 e. The van der Waals surface area contributed by atoms with Crippen LogP contribution in [0, 0.1) is 18.3 Å². The maximum Gasteiger partial charge on any atom is 0.165 e. The molecule has 0 saturated heterocycles. The molecule has 3 heteroatoms. The molecule has 1 rings (SSSR count). The van der Waals surface area contributed by atoms with E-state index in [-0.39, 0.29) is 0 Å². The summed E-state index contributed by atoms with van der Waals surface area (Å²) in [5.74, 6) is 0.758. The number of ether oxygens (including phenoxy) is 1. The largest absolute Gasteiger partial charge is 0.496 e. The zero-order valence-electron chi connectivity index (χ0n) is 7.61. The molecule has 0 spiro atoms. The third-order valence-electron chi connectivity index (χ3n) is 1.86. The summed E-state index contributed by atoms with van der Waals surface area (Å²) < 4.78 is 5.05. The molecule has 1 aromatic rings. The highest BCUT2D eigenvalue weighted by Gasteiger charge is 2.07. The number of benzene rings is 1. The molecule has 0 saturated carbocycles. The van der Waals surface area contributed by atoms with E-state index in [4.69, 9.17) is 10.00 Å². The lowest BCUT2D eigenvalue weighted by Crippen LogP contribution is -1.95. The van der Waals surface area contributed by atoms with Gasteiger partial charge in [0, 0.05) is 0 Å². The predicted molar refractivity (Wildman–Crippen MR) is 48.3 cm³/mol. The lowest BCUT2D eigenvalue weighted by molar-refractivity contribution is 0.235. The summed E-state index contributed by atoms with van der Waals surface area (Å²) in [6, 6.07) is 6.92. The smallest absolute Gasteiger partial charge is 0.165 e. The number of hydrogen-bond donors (Lipinski definition) is 1. The lowest BCUT2D eigenvalue weighted by atomic mass is 10.1. The summed E-state index contributed by atoms with van der Waals surface area (Å²) in [6.45, 7) is 1.87. The summed E-state index contributed by atoms with van der Waals surface area (Å²) in [7, 11) is 1.59. The van der Waals surface area contributed by atoms with Crippen molar-refractivity contribution in [3.05, 3.63) is 29.3 Å². The third-order valence-corrected chi connectivity index (χ3v) is 1.86. The fourth-order valence-corrected chi connectivity index (χ4v) is 1.15. The molecular formula is C10H11NO2. The molecule has 1 aromatic carbocycles. The van der Waals surface area contributed by atoms with E-state index >= 15 is 0 Å². The van der Waals surface area contributed by atoms with Crippen LogP contribution in [0.4, 0.5) is 0 Å². The van der Waals surface area contributed by atoms with Gasteiger partial charge in [0.1, 0.15) is 5.75 Å². The Morgan fingerprint density at radius 3 is 2.69 bits per heavy atom. The van der Waals surface area contributed by atoms with E-state index in [1.54, 1.807) is 31.4 Å². The first-order valence-corrected chi connectivity index (χ1v) is 3.91. The Bertz CT molecular complexity index is 341. The minimum absolute atomic E-state index is 0.598. The number of methoxy groups -OCH3 is 1. The second-order valence-electron chi connectivity index (χ2n) is 2.76. The van der Waals surface area contributed by atoms with Crippen molar-refractivity contribution in [1.82, 2.24) is 0 Å². The summed E-state index contributed by atoms with van der Waals surface area (Å²) in [5.41, 5.74) is 1.51. The predicted octanol–water partition coefficient (Wildman–Crippen LogP) is 1.56.